The zero-order chi connectivity index (χ0) is 26.4. The maximum atomic E-state index is 12.9. The lowest BCUT2D eigenvalue weighted by Gasteiger charge is -2.27. The Morgan fingerprint density at radius 2 is 1.84 bits per heavy atom. The molecule has 2 aliphatic heterocycles. The van der Waals surface area contributed by atoms with Gasteiger partial charge in [0.05, 0.1) is 16.5 Å². The zero-order valence-corrected chi connectivity index (χ0v) is 22.6. The van der Waals surface area contributed by atoms with E-state index in [2.05, 4.69) is 21.2 Å². The minimum atomic E-state index is -0.506. The number of para-hydroxylation sites is 1. The summed E-state index contributed by atoms with van der Waals surface area (Å²) in [5, 5.41) is 2.27. The molecular weight excluding hydrogens is 562 g/mol. The first-order valence-electron chi connectivity index (χ1n) is 11.7. The summed E-state index contributed by atoms with van der Waals surface area (Å²) in [6.07, 6.45) is 4.51. The average Bonchev–Trinajstić information content (AvgIpc) is 3.16. The summed E-state index contributed by atoms with van der Waals surface area (Å²) in [6, 6.07) is 12.4. The predicted molar refractivity (Wildman–Crippen MR) is 144 cm³/mol. The molecule has 1 N–H and O–H groups in total. The van der Waals surface area contributed by atoms with Gasteiger partial charge in [-0.15, -0.1) is 0 Å². The SMILES string of the molecule is COc1cc(/C=C2\SC(=O)N(CC(=O)N3CCCCC3)C2=O)cc(Br)c1OCC(=O)Nc1ccccc1. The van der Waals surface area contributed by atoms with Gasteiger partial charge in [0.25, 0.3) is 17.1 Å². The van der Waals surface area contributed by atoms with Crippen molar-refractivity contribution in [1.29, 1.82) is 0 Å². The number of rotatable bonds is 8. The fourth-order valence-corrected chi connectivity index (χ4v) is 5.40. The number of benzene rings is 2. The van der Waals surface area contributed by atoms with Crippen LogP contribution in [0.15, 0.2) is 51.8 Å². The van der Waals surface area contributed by atoms with Crippen molar-refractivity contribution < 1.29 is 28.7 Å². The van der Waals surface area contributed by atoms with Crippen molar-refractivity contribution in [1.82, 2.24) is 9.80 Å². The van der Waals surface area contributed by atoms with Crippen molar-refractivity contribution in [2.75, 3.05) is 38.7 Å². The van der Waals surface area contributed by atoms with Crippen LogP contribution in [0.4, 0.5) is 10.5 Å². The standard InChI is InChI=1S/C26H26BrN3O6S/c1-35-20-13-17(12-19(27)24(20)36-16-22(31)28-18-8-4-2-5-9-18)14-21-25(33)30(26(34)37-21)15-23(32)29-10-6-3-7-11-29/h2,4-5,8-9,12-14H,3,6-7,10-11,15-16H2,1H3,(H,28,31)/b21-14-. The summed E-state index contributed by atoms with van der Waals surface area (Å²) in [6.45, 7) is 0.808. The Bertz CT molecular complexity index is 1230. The molecule has 0 saturated carbocycles. The van der Waals surface area contributed by atoms with E-state index >= 15 is 0 Å². The number of ether oxygens (including phenoxy) is 2. The quantitative estimate of drug-likeness (QED) is 0.452. The molecule has 2 aromatic carbocycles. The number of likely N-dealkylation sites (tertiary alicyclic amines) is 1. The van der Waals surface area contributed by atoms with Crippen LogP contribution in [0.2, 0.25) is 0 Å². The number of imide groups is 1. The van der Waals surface area contributed by atoms with Gasteiger partial charge in [-0.1, -0.05) is 18.2 Å². The molecule has 0 unspecified atom stereocenters. The largest absolute Gasteiger partial charge is 0.493 e. The van der Waals surface area contributed by atoms with Crippen molar-refractivity contribution in [2.24, 2.45) is 0 Å². The number of amides is 4. The molecule has 9 nitrogen and oxygen atoms in total. The number of nitrogens with zero attached hydrogens (tertiary/aromatic N) is 2. The van der Waals surface area contributed by atoms with E-state index in [4.69, 9.17) is 9.47 Å². The number of methoxy groups -OCH3 is 1. The smallest absolute Gasteiger partial charge is 0.294 e. The highest BCUT2D eigenvalue weighted by molar-refractivity contribution is 9.10. The Balaban J connectivity index is 1.43. The van der Waals surface area contributed by atoms with Crippen LogP contribution in [0.3, 0.4) is 0 Å². The number of carbonyl (C=O) groups excluding carboxylic acids is 4. The average molecular weight is 588 g/mol. The van der Waals surface area contributed by atoms with Gasteiger partial charge in [-0.2, -0.15) is 0 Å². The number of hydrogen-bond donors (Lipinski definition) is 1. The highest BCUT2D eigenvalue weighted by Crippen LogP contribution is 2.39. The Labute approximate surface area is 227 Å². The molecule has 37 heavy (non-hydrogen) atoms. The molecule has 0 bridgehead atoms. The number of halogens is 1. The molecule has 2 saturated heterocycles. The lowest BCUT2D eigenvalue weighted by atomic mass is 10.1. The molecule has 2 aliphatic rings. The van der Waals surface area contributed by atoms with Gasteiger partial charge in [0.2, 0.25) is 5.91 Å². The second-order valence-corrected chi connectivity index (χ2v) is 10.3. The van der Waals surface area contributed by atoms with E-state index in [1.54, 1.807) is 35.2 Å². The third-order valence-electron chi connectivity index (χ3n) is 5.83. The van der Waals surface area contributed by atoms with Gasteiger partial charge in [0.15, 0.2) is 18.1 Å². The molecule has 0 spiro atoms. The first kappa shape index (κ1) is 26.7. The third-order valence-corrected chi connectivity index (χ3v) is 7.33. The monoisotopic (exact) mass is 587 g/mol. The van der Waals surface area contributed by atoms with E-state index in [0.717, 1.165) is 35.9 Å². The molecule has 4 amide bonds. The van der Waals surface area contributed by atoms with Crippen molar-refractivity contribution >= 4 is 62.4 Å². The summed E-state index contributed by atoms with van der Waals surface area (Å²) >= 11 is 4.23. The Hall–Kier alpha value is -3.31. The molecule has 11 heteroatoms. The molecule has 2 aromatic rings. The summed E-state index contributed by atoms with van der Waals surface area (Å²) in [5.74, 6) is -0.397. The van der Waals surface area contributed by atoms with E-state index < -0.39 is 11.1 Å². The van der Waals surface area contributed by atoms with Gasteiger partial charge in [0.1, 0.15) is 6.54 Å². The van der Waals surface area contributed by atoms with E-state index in [9.17, 15) is 19.2 Å². The molecule has 194 valence electrons. The zero-order valence-electron chi connectivity index (χ0n) is 20.2. The van der Waals surface area contributed by atoms with Crippen LogP contribution in [0.1, 0.15) is 24.8 Å². The number of anilines is 1. The van der Waals surface area contributed by atoms with Crippen molar-refractivity contribution in [3.05, 3.63) is 57.4 Å². The molecule has 2 heterocycles. The minimum absolute atomic E-state index is 0.210. The van der Waals surface area contributed by atoms with Crippen LogP contribution in [0.5, 0.6) is 11.5 Å². The number of hydrogen-bond acceptors (Lipinski definition) is 7. The van der Waals surface area contributed by atoms with Gasteiger partial charge in [-0.25, -0.2) is 0 Å². The first-order chi connectivity index (χ1) is 17.9. The van der Waals surface area contributed by atoms with Gasteiger partial charge in [0, 0.05) is 18.8 Å². The van der Waals surface area contributed by atoms with Crippen LogP contribution in [0, 0.1) is 0 Å². The summed E-state index contributed by atoms with van der Waals surface area (Å²) < 4.78 is 11.6. The molecule has 2 fully saturated rings. The second kappa shape index (κ2) is 12.3. The Morgan fingerprint density at radius 1 is 1.11 bits per heavy atom. The van der Waals surface area contributed by atoms with Crippen molar-refractivity contribution in [3.63, 3.8) is 0 Å². The summed E-state index contributed by atoms with van der Waals surface area (Å²) in [7, 11) is 1.46. The van der Waals surface area contributed by atoms with Crippen LogP contribution in [-0.4, -0.2) is 66.1 Å². The normalized spacial score (nSPS) is 16.8. The van der Waals surface area contributed by atoms with Crippen LogP contribution >= 0.6 is 27.7 Å². The number of thioether (sulfide) groups is 1. The molecule has 0 radical (unpaired) electrons. The Kier molecular flexibility index (Phi) is 8.88. The molecule has 0 aromatic heterocycles. The first-order valence-corrected chi connectivity index (χ1v) is 13.3. The molecule has 4 rings (SSSR count). The number of nitrogens with one attached hydrogen (secondary N) is 1. The lowest BCUT2D eigenvalue weighted by Crippen LogP contribution is -2.44. The molecule has 0 atom stereocenters. The van der Waals surface area contributed by atoms with Gasteiger partial charge < -0.3 is 19.7 Å². The van der Waals surface area contributed by atoms with Crippen molar-refractivity contribution in [3.8, 4) is 11.5 Å². The van der Waals surface area contributed by atoms with E-state index in [-0.39, 0.29) is 29.9 Å². The van der Waals surface area contributed by atoms with Gasteiger partial charge >= 0.3 is 0 Å². The number of piperidine rings is 1. The van der Waals surface area contributed by atoms with Gasteiger partial charge in [-0.3, -0.25) is 24.1 Å². The van der Waals surface area contributed by atoms with Crippen LogP contribution in [0.25, 0.3) is 6.08 Å². The highest BCUT2D eigenvalue weighted by atomic mass is 79.9. The molecular formula is C26H26BrN3O6S. The van der Waals surface area contributed by atoms with E-state index in [1.807, 2.05) is 18.2 Å². The maximum Gasteiger partial charge on any atom is 0.294 e. The minimum Gasteiger partial charge on any atom is -0.493 e. The predicted octanol–water partition coefficient (Wildman–Crippen LogP) is 4.52. The highest BCUT2D eigenvalue weighted by Gasteiger charge is 2.37. The fourth-order valence-electron chi connectivity index (χ4n) is 3.99. The number of carbonyl (C=O) groups is 4. The van der Waals surface area contributed by atoms with Crippen LogP contribution < -0.4 is 14.8 Å². The second-order valence-electron chi connectivity index (χ2n) is 8.45. The van der Waals surface area contributed by atoms with Crippen LogP contribution in [-0.2, 0) is 14.4 Å². The summed E-state index contributed by atoms with van der Waals surface area (Å²) in [4.78, 5) is 53.1. The van der Waals surface area contributed by atoms with Crippen molar-refractivity contribution in [2.45, 2.75) is 19.3 Å². The topological polar surface area (TPSA) is 105 Å². The van der Waals surface area contributed by atoms with Gasteiger partial charge in [-0.05, 0) is 82.9 Å². The Morgan fingerprint density at radius 3 is 2.54 bits per heavy atom. The summed E-state index contributed by atoms with van der Waals surface area (Å²) in [5.41, 5.74) is 1.24. The third kappa shape index (κ3) is 6.72. The lowest BCUT2D eigenvalue weighted by molar-refractivity contribution is -0.136. The fraction of sp³-hybridized carbons (Fsp3) is 0.308. The maximum absolute atomic E-state index is 12.9. The molecule has 0 aliphatic carbocycles. The van der Waals surface area contributed by atoms with E-state index in [1.165, 1.54) is 7.11 Å². The van der Waals surface area contributed by atoms with E-state index in [0.29, 0.717) is 40.3 Å².